The molecule has 3 aromatic rings. The Balaban J connectivity index is 1.58. The molecule has 2 N–H and O–H groups in total. The lowest BCUT2D eigenvalue weighted by Gasteiger charge is -2.32. The summed E-state index contributed by atoms with van der Waals surface area (Å²) >= 11 is 7.34. The number of aromatic nitrogens is 3. The van der Waals surface area contributed by atoms with Gasteiger partial charge in [-0.15, -0.1) is 0 Å². The van der Waals surface area contributed by atoms with E-state index >= 15 is 0 Å². The molecule has 1 fully saturated rings. The van der Waals surface area contributed by atoms with E-state index in [-0.39, 0.29) is 11.6 Å². The fourth-order valence-electron chi connectivity index (χ4n) is 3.04. The van der Waals surface area contributed by atoms with Crippen LogP contribution in [0.25, 0.3) is 0 Å². The molecule has 0 amide bonds. The zero-order chi connectivity index (χ0) is 21.8. The summed E-state index contributed by atoms with van der Waals surface area (Å²) in [5.74, 6) is 1.07. The molecule has 162 valence electrons. The van der Waals surface area contributed by atoms with Crippen molar-refractivity contribution in [2.45, 2.75) is 16.4 Å². The van der Waals surface area contributed by atoms with Gasteiger partial charge in [0.1, 0.15) is 18.2 Å². The molecule has 0 unspecified atom stereocenters. The predicted molar refractivity (Wildman–Crippen MR) is 120 cm³/mol. The molecule has 0 atom stereocenters. The molecular formula is C21H22ClFN6OS. The third-order valence-corrected chi connectivity index (χ3v) is 6.11. The van der Waals surface area contributed by atoms with Crippen LogP contribution < -0.4 is 15.4 Å². The molecule has 10 heteroatoms. The molecule has 1 aliphatic heterocycles. The summed E-state index contributed by atoms with van der Waals surface area (Å²) in [4.78, 5) is 19.4. The Kier molecular flexibility index (Phi) is 6.74. The Labute approximate surface area is 189 Å². The average molecular weight is 461 g/mol. The van der Waals surface area contributed by atoms with E-state index in [1.807, 2.05) is 6.07 Å². The van der Waals surface area contributed by atoms with Crippen molar-refractivity contribution in [2.75, 3.05) is 43.9 Å². The van der Waals surface area contributed by atoms with Crippen LogP contribution in [-0.2, 0) is 6.61 Å². The van der Waals surface area contributed by atoms with Crippen LogP contribution in [0.2, 0.25) is 5.02 Å². The third kappa shape index (κ3) is 5.55. The number of hydrogen-bond donors (Lipinski definition) is 1. The number of benzene rings is 1. The Morgan fingerprint density at radius 2 is 1.94 bits per heavy atom. The van der Waals surface area contributed by atoms with Crippen LogP contribution in [0, 0.1) is 5.82 Å². The van der Waals surface area contributed by atoms with Crippen molar-refractivity contribution < 1.29 is 9.13 Å². The maximum absolute atomic E-state index is 13.5. The SMILES string of the molecule is CN1CCN(c2ncc(Sc3ccc(N)nc3)c(OCc3ccc(F)c(Cl)c3)n2)CC1. The van der Waals surface area contributed by atoms with Crippen LogP contribution >= 0.6 is 23.4 Å². The number of nitrogen functional groups attached to an aromatic ring is 1. The lowest BCUT2D eigenvalue weighted by atomic mass is 10.2. The fourth-order valence-corrected chi connectivity index (χ4v) is 4.03. The van der Waals surface area contributed by atoms with Gasteiger partial charge in [-0.25, -0.2) is 14.4 Å². The number of ether oxygens (including phenoxy) is 1. The lowest BCUT2D eigenvalue weighted by Crippen LogP contribution is -2.45. The maximum atomic E-state index is 13.5. The zero-order valence-corrected chi connectivity index (χ0v) is 18.5. The van der Waals surface area contributed by atoms with E-state index in [1.165, 1.54) is 17.8 Å². The highest BCUT2D eigenvalue weighted by atomic mass is 35.5. The molecule has 1 aromatic carbocycles. The average Bonchev–Trinajstić information content (AvgIpc) is 2.77. The van der Waals surface area contributed by atoms with Gasteiger partial charge in [0.25, 0.3) is 0 Å². The molecule has 7 nitrogen and oxygen atoms in total. The molecule has 2 aromatic heterocycles. The van der Waals surface area contributed by atoms with E-state index in [0.29, 0.717) is 17.6 Å². The van der Waals surface area contributed by atoms with Crippen molar-refractivity contribution >= 4 is 35.1 Å². The van der Waals surface area contributed by atoms with Gasteiger partial charge in [-0.05, 0) is 36.9 Å². The van der Waals surface area contributed by atoms with Crippen LogP contribution in [0.15, 0.2) is 52.5 Å². The highest BCUT2D eigenvalue weighted by molar-refractivity contribution is 7.99. The molecule has 4 rings (SSSR count). The summed E-state index contributed by atoms with van der Waals surface area (Å²) in [6.07, 6.45) is 3.45. The molecule has 31 heavy (non-hydrogen) atoms. The second-order valence-electron chi connectivity index (χ2n) is 7.19. The lowest BCUT2D eigenvalue weighted by molar-refractivity contribution is 0.283. The zero-order valence-electron chi connectivity index (χ0n) is 17.0. The summed E-state index contributed by atoms with van der Waals surface area (Å²) in [5, 5.41) is 0.0597. The summed E-state index contributed by atoms with van der Waals surface area (Å²) in [6, 6.07) is 8.14. The van der Waals surface area contributed by atoms with Crippen molar-refractivity contribution in [1.82, 2.24) is 19.9 Å². The predicted octanol–water partition coefficient (Wildman–Crippen LogP) is 3.73. The largest absolute Gasteiger partial charge is 0.472 e. The van der Waals surface area contributed by atoms with E-state index in [4.69, 9.17) is 27.1 Å². The number of nitrogens with zero attached hydrogens (tertiary/aromatic N) is 5. The number of nitrogens with two attached hydrogens (primary N) is 1. The molecule has 1 saturated heterocycles. The summed E-state index contributed by atoms with van der Waals surface area (Å²) in [7, 11) is 2.10. The van der Waals surface area contributed by atoms with E-state index < -0.39 is 5.82 Å². The van der Waals surface area contributed by atoms with Gasteiger partial charge in [-0.2, -0.15) is 4.98 Å². The molecule has 0 spiro atoms. The number of halogens is 2. The number of likely N-dealkylation sites (N-methyl/N-ethyl adjacent to an activating group) is 1. The summed E-state index contributed by atoms with van der Waals surface area (Å²) in [5.41, 5.74) is 6.43. The van der Waals surface area contributed by atoms with Crippen molar-refractivity contribution in [3.05, 3.63) is 59.1 Å². The van der Waals surface area contributed by atoms with Crippen molar-refractivity contribution in [1.29, 1.82) is 0 Å². The van der Waals surface area contributed by atoms with Gasteiger partial charge < -0.3 is 20.3 Å². The van der Waals surface area contributed by atoms with Crippen LogP contribution in [0.1, 0.15) is 5.56 Å². The first-order chi connectivity index (χ1) is 15.0. The van der Waals surface area contributed by atoms with Crippen LogP contribution in [0.3, 0.4) is 0 Å². The van der Waals surface area contributed by atoms with E-state index in [1.54, 1.807) is 30.6 Å². The highest BCUT2D eigenvalue weighted by Gasteiger charge is 2.19. The molecule has 0 saturated carbocycles. The van der Waals surface area contributed by atoms with E-state index in [9.17, 15) is 4.39 Å². The molecule has 0 aliphatic carbocycles. The van der Waals surface area contributed by atoms with Gasteiger partial charge in [-0.1, -0.05) is 29.4 Å². The van der Waals surface area contributed by atoms with Gasteiger partial charge in [0.15, 0.2) is 0 Å². The second-order valence-corrected chi connectivity index (χ2v) is 8.71. The minimum absolute atomic E-state index is 0.0597. The van der Waals surface area contributed by atoms with Gasteiger partial charge >= 0.3 is 0 Å². The quantitative estimate of drug-likeness (QED) is 0.596. The first kappa shape index (κ1) is 21.6. The number of piperazine rings is 1. The number of pyridine rings is 1. The Hall–Kier alpha value is -2.62. The normalized spacial score (nSPS) is 14.6. The molecule has 0 radical (unpaired) electrons. The molecule has 0 bridgehead atoms. The number of anilines is 2. The Morgan fingerprint density at radius 1 is 1.13 bits per heavy atom. The first-order valence-electron chi connectivity index (χ1n) is 9.74. The van der Waals surface area contributed by atoms with Crippen molar-refractivity contribution in [3.63, 3.8) is 0 Å². The maximum Gasteiger partial charge on any atom is 0.232 e. The monoisotopic (exact) mass is 460 g/mol. The molecule has 3 heterocycles. The number of hydrogen-bond acceptors (Lipinski definition) is 8. The van der Waals surface area contributed by atoms with E-state index in [2.05, 4.69) is 26.8 Å². The molecule has 1 aliphatic rings. The Morgan fingerprint density at radius 3 is 2.65 bits per heavy atom. The minimum Gasteiger partial charge on any atom is -0.472 e. The van der Waals surface area contributed by atoms with Gasteiger partial charge in [-0.3, -0.25) is 0 Å². The Bertz CT molecular complexity index is 1050. The van der Waals surface area contributed by atoms with Crippen LogP contribution in [0.4, 0.5) is 16.2 Å². The summed E-state index contributed by atoms with van der Waals surface area (Å²) in [6.45, 7) is 3.78. The summed E-state index contributed by atoms with van der Waals surface area (Å²) < 4.78 is 19.5. The van der Waals surface area contributed by atoms with Crippen molar-refractivity contribution in [3.8, 4) is 5.88 Å². The van der Waals surface area contributed by atoms with Gasteiger partial charge in [0, 0.05) is 37.3 Å². The van der Waals surface area contributed by atoms with Crippen molar-refractivity contribution in [2.24, 2.45) is 0 Å². The fraction of sp³-hybridized carbons (Fsp3) is 0.286. The van der Waals surface area contributed by atoms with Gasteiger partial charge in [0.2, 0.25) is 11.8 Å². The standard InChI is InChI=1S/C21H22ClFN6OS/c1-28-6-8-29(9-7-28)21-26-12-18(31-15-3-5-19(24)25-11-15)20(27-21)30-13-14-2-4-17(23)16(22)10-14/h2-5,10-12H,6-9,13H2,1H3,(H2,24,25). The second kappa shape index (κ2) is 9.67. The first-order valence-corrected chi connectivity index (χ1v) is 10.9. The van der Waals surface area contributed by atoms with Crippen LogP contribution in [-0.4, -0.2) is 53.1 Å². The topological polar surface area (TPSA) is 80.4 Å². The van der Waals surface area contributed by atoms with Crippen LogP contribution in [0.5, 0.6) is 5.88 Å². The highest BCUT2D eigenvalue weighted by Crippen LogP contribution is 2.34. The minimum atomic E-state index is -0.461. The smallest absolute Gasteiger partial charge is 0.232 e. The third-order valence-electron chi connectivity index (χ3n) is 4.84. The van der Waals surface area contributed by atoms with Gasteiger partial charge in [0.05, 0.1) is 16.1 Å². The van der Waals surface area contributed by atoms with E-state index in [0.717, 1.165) is 41.5 Å². The molecular weight excluding hydrogens is 439 g/mol. The number of rotatable bonds is 6.